The monoisotopic (exact) mass is 510 g/mol. The quantitative estimate of drug-likeness (QED) is 0.281. The zero-order chi connectivity index (χ0) is 26.7. The third-order valence-electron chi connectivity index (χ3n) is 5.66. The van der Waals surface area contributed by atoms with Gasteiger partial charge in [-0.2, -0.15) is 0 Å². The van der Waals surface area contributed by atoms with E-state index in [4.69, 9.17) is 4.74 Å². The third kappa shape index (κ3) is 7.01. The number of nitrogens with one attached hydrogen (secondary N) is 3. The maximum absolute atomic E-state index is 13.0. The molecule has 9 heteroatoms. The molecule has 0 unspecified atom stereocenters. The highest BCUT2D eigenvalue weighted by Crippen LogP contribution is 2.22. The highest BCUT2D eigenvalue weighted by atomic mass is 16.5. The molecule has 0 bridgehead atoms. The van der Waals surface area contributed by atoms with E-state index in [1.54, 1.807) is 0 Å². The van der Waals surface area contributed by atoms with Gasteiger partial charge in [0.1, 0.15) is 12.2 Å². The minimum atomic E-state index is -0.759. The Balaban J connectivity index is 1.34. The van der Waals surface area contributed by atoms with Gasteiger partial charge in [-0.15, -0.1) is 0 Å². The molecule has 0 aliphatic carbocycles. The van der Waals surface area contributed by atoms with Crippen molar-refractivity contribution in [3.8, 4) is 0 Å². The highest BCUT2D eigenvalue weighted by Gasteiger charge is 2.21. The largest absolute Gasteiger partial charge is 0.461 e. The molecular formula is C29H26N4O5. The smallest absolute Gasteiger partial charge is 0.307 e. The number of rotatable bonds is 10. The van der Waals surface area contributed by atoms with Crippen LogP contribution in [0.4, 0.5) is 0 Å². The molecule has 0 radical (unpaired) electrons. The van der Waals surface area contributed by atoms with E-state index in [-0.39, 0.29) is 31.0 Å². The third-order valence-corrected chi connectivity index (χ3v) is 5.66. The van der Waals surface area contributed by atoms with Crippen molar-refractivity contribution in [2.75, 3.05) is 6.54 Å². The fourth-order valence-corrected chi connectivity index (χ4v) is 3.70. The number of ether oxygens (including phenoxy) is 1. The van der Waals surface area contributed by atoms with E-state index in [0.717, 1.165) is 22.9 Å². The Morgan fingerprint density at radius 3 is 1.97 bits per heavy atom. The summed E-state index contributed by atoms with van der Waals surface area (Å²) >= 11 is 0. The van der Waals surface area contributed by atoms with Gasteiger partial charge in [-0.1, -0.05) is 91.0 Å². The van der Waals surface area contributed by atoms with Gasteiger partial charge in [0, 0.05) is 12.7 Å². The summed E-state index contributed by atoms with van der Waals surface area (Å²) < 4.78 is 5.16. The lowest BCUT2D eigenvalue weighted by atomic mass is 9.98. The number of hydrogen-bond acceptors (Lipinski definition) is 6. The molecule has 0 saturated heterocycles. The van der Waals surface area contributed by atoms with Crippen molar-refractivity contribution in [3.05, 3.63) is 136 Å². The summed E-state index contributed by atoms with van der Waals surface area (Å²) in [5, 5.41) is 5.38. The lowest BCUT2D eigenvalue weighted by Crippen LogP contribution is -2.35. The van der Waals surface area contributed by atoms with Gasteiger partial charge in [-0.25, -0.2) is 4.98 Å². The maximum Gasteiger partial charge on any atom is 0.307 e. The van der Waals surface area contributed by atoms with Crippen LogP contribution >= 0.6 is 0 Å². The fraction of sp³-hybridized carbons (Fsp3) is 0.138. The van der Waals surface area contributed by atoms with Gasteiger partial charge in [0.2, 0.25) is 0 Å². The van der Waals surface area contributed by atoms with Crippen LogP contribution in [0.3, 0.4) is 0 Å². The zero-order valence-corrected chi connectivity index (χ0v) is 20.4. The minimum Gasteiger partial charge on any atom is -0.461 e. The van der Waals surface area contributed by atoms with E-state index in [1.165, 1.54) is 0 Å². The van der Waals surface area contributed by atoms with Crippen LogP contribution in [0.25, 0.3) is 0 Å². The Bertz CT molecular complexity index is 1400. The number of esters is 1. The Kier molecular flexibility index (Phi) is 8.75. The lowest BCUT2D eigenvalue weighted by Gasteiger charge is -2.19. The second-order valence-electron chi connectivity index (χ2n) is 8.35. The average molecular weight is 511 g/mol. The molecule has 192 valence electrons. The normalized spacial score (nSPS) is 10.6. The van der Waals surface area contributed by atoms with Crippen LogP contribution in [0.5, 0.6) is 0 Å². The number of hydrogen-bond donors (Lipinski definition) is 3. The van der Waals surface area contributed by atoms with Gasteiger partial charge in [-0.3, -0.25) is 19.2 Å². The molecule has 0 spiro atoms. The highest BCUT2D eigenvalue weighted by molar-refractivity contribution is 5.95. The van der Waals surface area contributed by atoms with E-state index < -0.39 is 29.4 Å². The molecule has 38 heavy (non-hydrogen) atoms. The van der Waals surface area contributed by atoms with E-state index in [0.29, 0.717) is 0 Å². The van der Waals surface area contributed by atoms with Gasteiger partial charge in [-0.05, 0) is 16.7 Å². The molecule has 4 rings (SSSR count). The van der Waals surface area contributed by atoms with Crippen LogP contribution < -0.4 is 16.2 Å². The van der Waals surface area contributed by atoms with Gasteiger partial charge in [0.15, 0.2) is 5.82 Å². The summed E-state index contributed by atoms with van der Waals surface area (Å²) in [6.07, 6.45) is 1.01. The lowest BCUT2D eigenvalue weighted by molar-refractivity contribution is -0.144. The first-order valence-corrected chi connectivity index (χ1v) is 12.0. The number of carbonyl (C=O) groups excluding carboxylic acids is 3. The summed E-state index contributed by atoms with van der Waals surface area (Å²) in [5.74, 6) is -2.07. The molecule has 0 fully saturated rings. The van der Waals surface area contributed by atoms with E-state index >= 15 is 0 Å². The van der Waals surface area contributed by atoms with E-state index in [9.17, 15) is 19.2 Å². The molecular weight excluding hydrogens is 484 g/mol. The number of amides is 2. The van der Waals surface area contributed by atoms with Crippen LogP contribution in [0.1, 0.15) is 50.1 Å². The molecule has 3 N–H and O–H groups in total. The van der Waals surface area contributed by atoms with Crippen LogP contribution in [0.2, 0.25) is 0 Å². The van der Waals surface area contributed by atoms with Crippen molar-refractivity contribution < 1.29 is 19.1 Å². The zero-order valence-electron chi connectivity index (χ0n) is 20.4. The van der Waals surface area contributed by atoms with Crippen molar-refractivity contribution in [3.63, 3.8) is 0 Å². The van der Waals surface area contributed by atoms with Crippen LogP contribution in [-0.2, 0) is 16.1 Å². The number of aromatic amines is 1. The second kappa shape index (κ2) is 12.8. The van der Waals surface area contributed by atoms with Crippen LogP contribution in [0, 0.1) is 0 Å². The summed E-state index contributed by atoms with van der Waals surface area (Å²) in [7, 11) is 0. The van der Waals surface area contributed by atoms with Gasteiger partial charge < -0.3 is 20.4 Å². The summed E-state index contributed by atoms with van der Waals surface area (Å²) in [4.78, 5) is 56.2. The summed E-state index contributed by atoms with van der Waals surface area (Å²) in [6, 6.07) is 27.5. The first-order chi connectivity index (χ1) is 18.5. The van der Waals surface area contributed by atoms with Gasteiger partial charge in [0.05, 0.1) is 12.5 Å². The summed E-state index contributed by atoms with van der Waals surface area (Å²) in [6.45, 7) is 0.135. The SMILES string of the molecule is O=C(CCNC(=O)c1ncc(C(=O)NC(c2ccccc2)c2ccccc2)c(=O)[nH]1)OCc1ccccc1. The number of carbonyl (C=O) groups is 3. The Hall–Kier alpha value is -5.05. The van der Waals surface area contributed by atoms with Gasteiger partial charge in [0.25, 0.3) is 17.4 Å². The van der Waals surface area contributed by atoms with Crippen molar-refractivity contribution in [1.29, 1.82) is 0 Å². The summed E-state index contributed by atoms with van der Waals surface area (Å²) in [5.41, 5.74) is 1.55. The first kappa shape index (κ1) is 26.0. The Labute approximate surface area is 218 Å². The predicted molar refractivity (Wildman–Crippen MR) is 140 cm³/mol. The van der Waals surface area contributed by atoms with Crippen molar-refractivity contribution in [1.82, 2.24) is 20.6 Å². The van der Waals surface area contributed by atoms with Crippen LogP contribution in [0.15, 0.2) is 102 Å². The molecule has 2 amide bonds. The molecule has 1 heterocycles. The second-order valence-corrected chi connectivity index (χ2v) is 8.35. The molecule has 4 aromatic rings. The molecule has 9 nitrogen and oxygen atoms in total. The number of nitrogens with zero attached hydrogens (tertiary/aromatic N) is 1. The number of benzene rings is 3. The molecule has 1 aromatic heterocycles. The molecule has 3 aromatic carbocycles. The molecule has 0 atom stereocenters. The number of H-pyrrole nitrogens is 1. The number of aromatic nitrogens is 2. The molecule has 0 aliphatic heterocycles. The Morgan fingerprint density at radius 2 is 1.39 bits per heavy atom. The van der Waals surface area contributed by atoms with Crippen molar-refractivity contribution >= 4 is 17.8 Å². The average Bonchev–Trinajstić information content (AvgIpc) is 2.96. The minimum absolute atomic E-state index is 0.00572. The standard InChI is InChI=1S/C29H26N4O5/c34-24(38-19-20-10-4-1-5-11-20)16-17-30-29(37)26-31-18-23(28(36)33-26)27(35)32-25(21-12-6-2-7-13-21)22-14-8-3-9-15-22/h1-15,18,25H,16-17,19H2,(H,30,37)(H,32,35)(H,31,33,36). The molecule has 0 aliphatic rings. The van der Waals surface area contributed by atoms with Crippen molar-refractivity contribution in [2.24, 2.45) is 0 Å². The van der Waals surface area contributed by atoms with E-state index in [1.807, 2.05) is 91.0 Å². The predicted octanol–water partition coefficient (Wildman–Crippen LogP) is 3.15. The first-order valence-electron chi connectivity index (χ1n) is 12.0. The Morgan fingerprint density at radius 1 is 0.816 bits per heavy atom. The maximum atomic E-state index is 13.0. The molecule has 0 saturated carbocycles. The topological polar surface area (TPSA) is 130 Å². The fourth-order valence-electron chi connectivity index (χ4n) is 3.70. The van der Waals surface area contributed by atoms with Gasteiger partial charge >= 0.3 is 5.97 Å². The van der Waals surface area contributed by atoms with Crippen LogP contribution in [-0.4, -0.2) is 34.3 Å². The van der Waals surface area contributed by atoms with E-state index in [2.05, 4.69) is 20.6 Å². The van der Waals surface area contributed by atoms with Crippen molar-refractivity contribution in [2.45, 2.75) is 19.1 Å².